The zero-order valence-corrected chi connectivity index (χ0v) is 11.9. The third kappa shape index (κ3) is 2.49. The summed E-state index contributed by atoms with van der Waals surface area (Å²) in [4.78, 5) is 14.3. The Hall–Kier alpha value is -1.54. The smallest absolute Gasteiger partial charge is 0.283 e. The molecule has 2 heterocycles. The molecule has 0 amide bonds. The summed E-state index contributed by atoms with van der Waals surface area (Å²) in [7, 11) is 0. The van der Waals surface area contributed by atoms with Crippen LogP contribution in [0.1, 0.15) is 0 Å². The van der Waals surface area contributed by atoms with Gasteiger partial charge in [-0.3, -0.25) is 10.1 Å². The Bertz CT molecular complexity index is 634. The Balaban J connectivity index is 2.66. The second-order valence-corrected chi connectivity index (χ2v) is 4.94. The molecule has 0 radical (unpaired) electrons. The van der Waals surface area contributed by atoms with Crippen molar-refractivity contribution in [1.82, 2.24) is 4.98 Å². The van der Waals surface area contributed by atoms with E-state index in [1.165, 1.54) is 6.07 Å². The van der Waals surface area contributed by atoms with Crippen LogP contribution in [0, 0.1) is 15.3 Å². The molecule has 0 saturated heterocycles. The number of pyridine rings is 2. The quantitative estimate of drug-likeness (QED) is 0.266. The molecular weight excluding hydrogens is 370 g/mol. The van der Waals surface area contributed by atoms with Crippen LogP contribution in [0.5, 0.6) is 0 Å². The highest BCUT2D eigenvalue weighted by Gasteiger charge is 2.21. The predicted octanol–water partition coefficient (Wildman–Crippen LogP) is 2.82. The van der Waals surface area contributed by atoms with Crippen LogP contribution in [-0.2, 0) is 0 Å². The van der Waals surface area contributed by atoms with Crippen molar-refractivity contribution in [3.05, 3.63) is 54.9 Å². The van der Waals surface area contributed by atoms with Crippen LogP contribution in [-0.4, -0.2) is 9.91 Å². The van der Waals surface area contributed by atoms with E-state index in [-0.39, 0.29) is 16.0 Å². The highest BCUT2D eigenvalue weighted by atomic mass is 79.9. The fraction of sp³-hybridized carbons (Fsp3) is 0. The van der Waals surface area contributed by atoms with Crippen molar-refractivity contribution in [2.24, 2.45) is 0 Å². The largest absolute Gasteiger partial charge is 0.617 e. The molecule has 0 atom stereocenters. The molecule has 0 aromatic carbocycles. The summed E-state index contributed by atoms with van der Waals surface area (Å²) in [5.74, 6) is 0. The Labute approximate surface area is 118 Å². The van der Waals surface area contributed by atoms with Crippen molar-refractivity contribution in [2.45, 2.75) is 0 Å². The molecule has 0 fully saturated rings. The van der Waals surface area contributed by atoms with Crippen LogP contribution in [0.4, 0.5) is 5.69 Å². The molecule has 2 aromatic heterocycles. The molecule has 2 rings (SSSR count). The molecule has 2 aromatic rings. The van der Waals surface area contributed by atoms with Gasteiger partial charge < -0.3 is 5.21 Å². The standard InChI is InChI=1S/C10H5Br2N3O3/c11-9-3-1-2-7(13-9)8-4-6(15(17)18)5-10(12)14(8)16/h1-5H. The molecule has 0 bridgehead atoms. The van der Waals surface area contributed by atoms with Crippen molar-refractivity contribution in [3.63, 3.8) is 0 Å². The molecule has 0 aliphatic carbocycles. The molecule has 0 N–H and O–H groups in total. The van der Waals surface area contributed by atoms with E-state index in [0.717, 1.165) is 6.07 Å². The van der Waals surface area contributed by atoms with E-state index >= 15 is 0 Å². The van der Waals surface area contributed by atoms with E-state index in [4.69, 9.17) is 0 Å². The van der Waals surface area contributed by atoms with Gasteiger partial charge in [-0.25, -0.2) is 4.98 Å². The van der Waals surface area contributed by atoms with Crippen molar-refractivity contribution < 1.29 is 9.65 Å². The number of aromatic nitrogens is 2. The molecule has 0 aliphatic heterocycles. The summed E-state index contributed by atoms with van der Waals surface area (Å²) in [6.45, 7) is 0. The van der Waals surface area contributed by atoms with Crippen molar-refractivity contribution in [1.29, 1.82) is 0 Å². The average Bonchev–Trinajstić information content (AvgIpc) is 2.32. The monoisotopic (exact) mass is 373 g/mol. The minimum absolute atomic E-state index is 0.0634. The van der Waals surface area contributed by atoms with Gasteiger partial charge in [-0.05, 0) is 28.1 Å². The number of rotatable bonds is 2. The van der Waals surface area contributed by atoms with Gasteiger partial charge in [0.05, 0.1) is 17.1 Å². The number of hydrogen-bond donors (Lipinski definition) is 0. The van der Waals surface area contributed by atoms with Crippen LogP contribution in [0.3, 0.4) is 0 Å². The first kappa shape index (κ1) is 12.9. The van der Waals surface area contributed by atoms with Crippen molar-refractivity contribution in [3.8, 4) is 11.4 Å². The van der Waals surface area contributed by atoms with Gasteiger partial charge in [0.1, 0.15) is 10.3 Å². The summed E-state index contributed by atoms with van der Waals surface area (Å²) in [6.07, 6.45) is 0. The molecule has 0 saturated carbocycles. The maximum Gasteiger partial charge on any atom is 0.283 e. The van der Waals surface area contributed by atoms with Crippen LogP contribution >= 0.6 is 31.9 Å². The lowest BCUT2D eigenvalue weighted by molar-refractivity contribution is -0.606. The normalized spacial score (nSPS) is 10.3. The third-order valence-corrected chi connectivity index (χ3v) is 3.15. The Morgan fingerprint density at radius 3 is 2.61 bits per heavy atom. The zero-order valence-electron chi connectivity index (χ0n) is 8.71. The van der Waals surface area contributed by atoms with Crippen molar-refractivity contribution >= 4 is 37.5 Å². The fourth-order valence-electron chi connectivity index (χ4n) is 1.37. The molecule has 0 spiro atoms. The van der Waals surface area contributed by atoms with Gasteiger partial charge in [-0.1, -0.05) is 6.07 Å². The maximum absolute atomic E-state index is 11.8. The second-order valence-electron chi connectivity index (χ2n) is 3.32. The topological polar surface area (TPSA) is 83.0 Å². The highest BCUT2D eigenvalue weighted by molar-refractivity contribution is 9.10. The predicted molar refractivity (Wildman–Crippen MR) is 70.7 cm³/mol. The van der Waals surface area contributed by atoms with E-state index < -0.39 is 4.92 Å². The van der Waals surface area contributed by atoms with Crippen LogP contribution in [0.25, 0.3) is 11.4 Å². The molecule has 8 heteroatoms. The zero-order chi connectivity index (χ0) is 13.3. The Morgan fingerprint density at radius 1 is 1.28 bits per heavy atom. The van der Waals surface area contributed by atoms with Gasteiger partial charge in [0.15, 0.2) is 0 Å². The first-order valence-electron chi connectivity index (χ1n) is 4.69. The number of nitrogens with zero attached hydrogens (tertiary/aromatic N) is 3. The van der Waals surface area contributed by atoms with E-state index in [1.54, 1.807) is 18.2 Å². The van der Waals surface area contributed by atoms with Gasteiger partial charge >= 0.3 is 0 Å². The third-order valence-electron chi connectivity index (χ3n) is 2.15. The lowest BCUT2D eigenvalue weighted by Crippen LogP contribution is -2.31. The van der Waals surface area contributed by atoms with Gasteiger partial charge in [0, 0.05) is 15.9 Å². The minimum atomic E-state index is -0.563. The summed E-state index contributed by atoms with van der Waals surface area (Å²) >= 11 is 6.17. The number of nitro groups is 1. The SMILES string of the molecule is O=[N+]([O-])c1cc(Br)[n+]([O-])c(-c2cccc(Br)n2)c1. The van der Waals surface area contributed by atoms with Gasteiger partial charge in [0.25, 0.3) is 10.3 Å². The summed E-state index contributed by atoms with van der Waals surface area (Å²) in [5, 5.41) is 22.6. The average molecular weight is 375 g/mol. The lowest BCUT2D eigenvalue weighted by atomic mass is 10.2. The van der Waals surface area contributed by atoms with E-state index in [2.05, 4.69) is 36.8 Å². The van der Waals surface area contributed by atoms with Crippen LogP contribution in [0.2, 0.25) is 0 Å². The molecule has 0 aliphatic rings. The number of halogens is 2. The number of hydrogen-bond acceptors (Lipinski definition) is 4. The highest BCUT2D eigenvalue weighted by Crippen LogP contribution is 2.23. The van der Waals surface area contributed by atoms with E-state index in [9.17, 15) is 15.3 Å². The molecule has 92 valence electrons. The second kappa shape index (κ2) is 4.99. The molecular formula is C10H5Br2N3O3. The maximum atomic E-state index is 11.8. The van der Waals surface area contributed by atoms with Gasteiger partial charge in [-0.15, -0.1) is 0 Å². The summed E-state index contributed by atoms with van der Waals surface area (Å²) < 4.78 is 1.15. The first-order chi connectivity index (χ1) is 8.49. The first-order valence-corrected chi connectivity index (χ1v) is 6.28. The minimum Gasteiger partial charge on any atom is -0.617 e. The summed E-state index contributed by atoms with van der Waals surface area (Å²) in [6, 6.07) is 7.33. The van der Waals surface area contributed by atoms with Crippen LogP contribution < -0.4 is 4.73 Å². The molecule has 0 unspecified atom stereocenters. The van der Waals surface area contributed by atoms with E-state index in [0.29, 0.717) is 15.0 Å². The van der Waals surface area contributed by atoms with E-state index in [1.807, 2.05) is 0 Å². The Morgan fingerprint density at radius 2 is 2.00 bits per heavy atom. The van der Waals surface area contributed by atoms with Crippen molar-refractivity contribution in [2.75, 3.05) is 0 Å². The lowest BCUT2D eigenvalue weighted by Gasteiger charge is -2.05. The van der Waals surface area contributed by atoms with Gasteiger partial charge in [0.2, 0.25) is 5.69 Å². The Kier molecular flexibility index (Phi) is 3.58. The molecule has 6 nitrogen and oxygen atoms in total. The molecule has 18 heavy (non-hydrogen) atoms. The fourth-order valence-corrected chi connectivity index (χ4v) is 2.14. The van der Waals surface area contributed by atoms with Crippen LogP contribution in [0.15, 0.2) is 39.5 Å². The summed E-state index contributed by atoms with van der Waals surface area (Å²) in [5.41, 5.74) is 0.284. The van der Waals surface area contributed by atoms with Gasteiger partial charge in [-0.2, -0.15) is 4.73 Å².